The quantitative estimate of drug-likeness (QED) is 0.101. The van der Waals surface area contributed by atoms with Crippen LogP contribution in [0.25, 0.3) is 0 Å². The van der Waals surface area contributed by atoms with Gasteiger partial charge >= 0.3 is 5.97 Å². The lowest BCUT2D eigenvalue weighted by molar-refractivity contribution is -0.0168. The topological polar surface area (TPSA) is 155 Å². The fourth-order valence-electron chi connectivity index (χ4n) is 9.80. The number of nitrogens with zero attached hydrogens (tertiary/aromatic N) is 2. The monoisotopic (exact) mass is 982 g/mol. The first-order valence-corrected chi connectivity index (χ1v) is 25.8. The molecular weight excluding hydrogens is 915 g/mol. The molecule has 4 fully saturated rings. The summed E-state index contributed by atoms with van der Waals surface area (Å²) in [5.74, 6) is 0.934. The number of sulfonamides is 1. The van der Waals surface area contributed by atoms with E-state index in [4.69, 9.17) is 26.2 Å². The SMILES string of the molecule is C1CN2CCOC[C@@H]2CN1.C=CC[C@H](C)C(CC1CCC1)S(N)(=O)=O.C=C[C@H](O)[C@@H]1CC[C@H]1CN1C[C@@]2(CCCc3cc(Cl)ccc32)COc2ccc(C(=O)O)cc21.CI. The molecule has 2 aromatic rings. The number of carbonyl (C=O) groups is 1. The second kappa shape index (κ2) is 22.9. The molecule has 0 aromatic heterocycles. The Hall–Kier alpha value is -2.24. The van der Waals surface area contributed by atoms with Gasteiger partial charge < -0.3 is 29.9 Å². The second-order valence-corrected chi connectivity index (χ2v) is 19.7. The molecule has 14 heteroatoms. The van der Waals surface area contributed by atoms with Crippen LogP contribution in [0.1, 0.15) is 86.2 Å². The Bertz CT molecular complexity index is 1820. The van der Waals surface area contributed by atoms with E-state index in [0.29, 0.717) is 30.9 Å². The Morgan fingerprint density at radius 3 is 2.55 bits per heavy atom. The third-order valence-corrected chi connectivity index (χ3v) is 15.3. The Kier molecular flexibility index (Phi) is 18.6. The first-order chi connectivity index (χ1) is 28.8. The minimum atomic E-state index is -3.41. The third-order valence-electron chi connectivity index (χ3n) is 13.6. The van der Waals surface area contributed by atoms with Crippen molar-refractivity contribution in [3.8, 4) is 5.75 Å². The van der Waals surface area contributed by atoms with E-state index in [1.54, 1.807) is 30.4 Å². The van der Waals surface area contributed by atoms with Crippen LogP contribution in [0.5, 0.6) is 5.75 Å². The summed E-state index contributed by atoms with van der Waals surface area (Å²) in [6.45, 7) is 17.8. The van der Waals surface area contributed by atoms with Gasteiger partial charge in [0.25, 0.3) is 0 Å². The summed E-state index contributed by atoms with van der Waals surface area (Å²) in [7, 11) is -3.41. The zero-order chi connectivity index (χ0) is 43.5. The summed E-state index contributed by atoms with van der Waals surface area (Å²) in [6.07, 6.45) is 13.0. The average molecular weight is 983 g/mol. The lowest BCUT2D eigenvalue weighted by Gasteiger charge is -2.45. The summed E-state index contributed by atoms with van der Waals surface area (Å²) in [5.41, 5.74) is 3.44. The van der Waals surface area contributed by atoms with Crippen LogP contribution in [0.3, 0.4) is 0 Å². The van der Waals surface area contributed by atoms with Gasteiger partial charge in [0.15, 0.2) is 0 Å². The summed E-state index contributed by atoms with van der Waals surface area (Å²) in [5, 5.41) is 29.0. The molecule has 3 aliphatic heterocycles. The molecule has 11 nitrogen and oxygen atoms in total. The first kappa shape index (κ1) is 48.8. The fourth-order valence-corrected chi connectivity index (χ4v) is 11.3. The van der Waals surface area contributed by atoms with Crippen LogP contribution in [0.4, 0.5) is 5.69 Å². The molecule has 2 saturated carbocycles. The molecule has 6 aliphatic rings. The molecule has 1 spiro atoms. The van der Waals surface area contributed by atoms with Crippen molar-refractivity contribution in [3.63, 3.8) is 0 Å². The number of ether oxygens (including phenoxy) is 2. The molecule has 3 aliphatic carbocycles. The Morgan fingerprint density at radius 1 is 1.13 bits per heavy atom. The number of morpholine rings is 1. The second-order valence-electron chi connectivity index (χ2n) is 17.5. The maximum absolute atomic E-state index is 11.7. The number of aliphatic hydroxyl groups is 1. The van der Waals surface area contributed by atoms with Crippen molar-refractivity contribution in [1.29, 1.82) is 0 Å². The maximum atomic E-state index is 11.7. The Balaban J connectivity index is 0.000000207. The van der Waals surface area contributed by atoms with Gasteiger partial charge in [-0.15, -0.1) is 13.2 Å². The summed E-state index contributed by atoms with van der Waals surface area (Å²) in [6, 6.07) is 12.0. The molecule has 60 heavy (non-hydrogen) atoms. The highest BCUT2D eigenvalue weighted by atomic mass is 127. The lowest BCUT2D eigenvalue weighted by Crippen LogP contribution is -2.56. The molecule has 0 radical (unpaired) electrons. The van der Waals surface area contributed by atoms with Crippen LogP contribution in [0, 0.1) is 23.7 Å². The predicted molar refractivity (Wildman–Crippen MR) is 251 cm³/mol. The van der Waals surface area contributed by atoms with Gasteiger partial charge in [-0.3, -0.25) is 4.90 Å². The van der Waals surface area contributed by atoms with Gasteiger partial charge in [0.2, 0.25) is 10.0 Å². The van der Waals surface area contributed by atoms with Gasteiger partial charge in [0, 0.05) is 55.7 Å². The minimum absolute atomic E-state index is 0.0816. The molecule has 1 unspecified atom stereocenters. The van der Waals surface area contributed by atoms with E-state index in [9.17, 15) is 23.4 Å². The molecular formula is C46H68ClIN4O7S. The van der Waals surface area contributed by atoms with Gasteiger partial charge in [-0.05, 0) is 115 Å². The molecule has 0 bridgehead atoms. The van der Waals surface area contributed by atoms with Crippen LogP contribution in [0.15, 0.2) is 61.7 Å². The number of alkyl halides is 1. The number of piperazine rings is 1. The fraction of sp³-hybridized carbons (Fsp3) is 0.630. The number of nitrogens with one attached hydrogen (secondary N) is 1. The summed E-state index contributed by atoms with van der Waals surface area (Å²) >= 11 is 8.46. The number of aryl methyl sites for hydroxylation is 1. The molecule has 7 atom stereocenters. The number of allylic oxidation sites excluding steroid dienone is 1. The van der Waals surface area contributed by atoms with Crippen molar-refractivity contribution in [2.45, 2.75) is 93.9 Å². The highest BCUT2D eigenvalue weighted by Gasteiger charge is 2.44. The minimum Gasteiger partial charge on any atom is -0.490 e. The number of hydrogen-bond acceptors (Lipinski definition) is 9. The predicted octanol–water partition coefficient (Wildman–Crippen LogP) is 7.47. The van der Waals surface area contributed by atoms with Crippen molar-refractivity contribution < 1.29 is 32.9 Å². The van der Waals surface area contributed by atoms with E-state index < -0.39 is 22.1 Å². The number of fused-ring (bicyclic) bond motifs is 4. The Labute approximate surface area is 377 Å². The molecule has 2 aromatic carbocycles. The van der Waals surface area contributed by atoms with E-state index in [-0.39, 0.29) is 28.1 Å². The highest BCUT2D eigenvalue weighted by Crippen LogP contribution is 2.46. The van der Waals surface area contributed by atoms with Crippen LogP contribution in [-0.4, -0.2) is 111 Å². The van der Waals surface area contributed by atoms with Crippen LogP contribution in [0.2, 0.25) is 5.02 Å². The molecule has 3 heterocycles. The number of carboxylic acid groups (broad SMARTS) is 1. The van der Waals surface area contributed by atoms with E-state index in [1.807, 2.05) is 17.9 Å². The van der Waals surface area contributed by atoms with Crippen molar-refractivity contribution >= 4 is 55.9 Å². The molecule has 0 amide bonds. The zero-order valence-electron chi connectivity index (χ0n) is 35.6. The number of primary sulfonamides is 1. The normalized spacial score (nSPS) is 26.2. The molecule has 334 valence electrons. The number of aromatic carboxylic acids is 1. The van der Waals surface area contributed by atoms with Crippen molar-refractivity contribution in [2.24, 2.45) is 28.8 Å². The average Bonchev–Trinajstić information content (AvgIpc) is 3.36. The van der Waals surface area contributed by atoms with Crippen molar-refractivity contribution in [3.05, 3.63) is 83.4 Å². The third kappa shape index (κ3) is 12.5. The van der Waals surface area contributed by atoms with E-state index in [0.717, 1.165) is 114 Å². The van der Waals surface area contributed by atoms with Crippen LogP contribution < -0.4 is 20.1 Å². The van der Waals surface area contributed by atoms with Gasteiger partial charge in [-0.25, -0.2) is 18.4 Å². The van der Waals surface area contributed by atoms with Crippen LogP contribution >= 0.6 is 34.2 Å². The van der Waals surface area contributed by atoms with E-state index in [1.165, 1.54) is 24.1 Å². The Morgan fingerprint density at radius 2 is 1.92 bits per heavy atom. The number of rotatable bonds is 11. The summed E-state index contributed by atoms with van der Waals surface area (Å²) in [4.78, 5) is 18.5. The number of nitrogens with two attached hydrogens (primary N) is 1. The van der Waals surface area contributed by atoms with Gasteiger partial charge in [-0.2, -0.15) is 0 Å². The number of aliphatic hydroxyl groups excluding tert-OH is 1. The van der Waals surface area contributed by atoms with Crippen LogP contribution in [-0.2, 0) is 26.6 Å². The molecule has 8 rings (SSSR count). The summed E-state index contributed by atoms with van der Waals surface area (Å²) < 4.78 is 34.7. The van der Waals surface area contributed by atoms with E-state index in [2.05, 4.69) is 63.0 Å². The number of hydrogen-bond donors (Lipinski definition) is 4. The van der Waals surface area contributed by atoms with Crippen molar-refractivity contribution in [2.75, 3.05) is 68.9 Å². The highest BCUT2D eigenvalue weighted by molar-refractivity contribution is 14.1. The number of carboxylic acids is 1. The van der Waals surface area contributed by atoms with Crippen molar-refractivity contribution in [1.82, 2.24) is 10.2 Å². The molecule has 5 N–H and O–H groups in total. The lowest BCUT2D eigenvalue weighted by atomic mass is 9.68. The van der Waals surface area contributed by atoms with Gasteiger partial charge in [-0.1, -0.05) is 78.6 Å². The number of anilines is 1. The van der Waals surface area contributed by atoms with Gasteiger partial charge in [0.05, 0.1) is 42.4 Å². The maximum Gasteiger partial charge on any atom is 0.335 e. The number of halogens is 2. The smallest absolute Gasteiger partial charge is 0.335 e. The molecule has 2 saturated heterocycles. The number of benzene rings is 2. The largest absolute Gasteiger partial charge is 0.490 e. The first-order valence-electron chi connectivity index (χ1n) is 21.7. The van der Waals surface area contributed by atoms with Gasteiger partial charge in [0.1, 0.15) is 5.75 Å². The zero-order valence-corrected chi connectivity index (χ0v) is 39.3. The standard InChI is InChI=1S/C27H30ClNO4.C11H21NO2S.C7H14N2O.CH3I/c1-2-24(30)21-8-5-19(21)14-29-15-27(11-3-4-17-12-20(28)7-9-22(17)27)16-33-25-10-6-18(26(31)32)13-23(25)29;1-3-5-9(2)11(15(12,13)14)8-10-6-4-7-10;1-2-9-3-4-10-6-7(9)5-8-1;1-2/h2,6-7,9-10,12-13,19,21,24,30H,1,3-5,8,11,14-16H2,(H,31,32);3,9-11H,1,4-8H2,2H3,(H2,12,13,14);7-8H,1-6H2;1H3/t19-,21+,24-,27-;9-,11?;7-;/m000./s1. The van der Waals surface area contributed by atoms with E-state index >= 15 is 0 Å².